The molecule has 0 atom stereocenters. The summed E-state index contributed by atoms with van der Waals surface area (Å²) in [6.45, 7) is 0. The van der Waals surface area contributed by atoms with Crippen LogP contribution in [0.15, 0.2) is 113 Å². The number of methoxy groups -OCH3 is 3. The first-order valence-corrected chi connectivity index (χ1v) is 16.5. The lowest BCUT2D eigenvalue weighted by Crippen LogP contribution is -2.30. The molecule has 5 aromatic rings. The highest BCUT2D eigenvalue weighted by molar-refractivity contribution is 8.00. The van der Waals surface area contributed by atoms with Crippen LogP contribution in [-0.2, 0) is 9.59 Å². The van der Waals surface area contributed by atoms with Crippen LogP contribution < -0.4 is 30.2 Å². The molecule has 0 spiro atoms. The van der Waals surface area contributed by atoms with E-state index in [1.165, 1.54) is 50.5 Å². The Hall–Kier alpha value is -5.59. The molecular weight excluding hydrogens is 649 g/mol. The Kier molecular flexibility index (Phi) is 11.5. The highest BCUT2D eigenvalue weighted by atomic mass is 32.2. The first-order chi connectivity index (χ1) is 23.4. The van der Waals surface area contributed by atoms with Crippen molar-refractivity contribution in [3.63, 3.8) is 0 Å². The number of nitrogens with one attached hydrogen (secondary N) is 3. The van der Waals surface area contributed by atoms with Gasteiger partial charge >= 0.3 is 0 Å². The van der Waals surface area contributed by atoms with E-state index in [-0.39, 0.29) is 17.4 Å². The maximum absolute atomic E-state index is 13.7. The van der Waals surface area contributed by atoms with Crippen LogP contribution in [0.1, 0.15) is 15.9 Å². The van der Waals surface area contributed by atoms with Gasteiger partial charge in [0.25, 0.3) is 11.8 Å². The van der Waals surface area contributed by atoms with Crippen LogP contribution in [0.5, 0.6) is 17.2 Å². The molecule has 0 fully saturated rings. The number of thiazole rings is 1. The highest BCUT2D eigenvalue weighted by Crippen LogP contribution is 2.36. The molecule has 3 N–H and O–H groups in total. The van der Waals surface area contributed by atoms with E-state index in [9.17, 15) is 14.4 Å². The van der Waals surface area contributed by atoms with E-state index in [0.29, 0.717) is 39.2 Å². The number of rotatable bonds is 13. The van der Waals surface area contributed by atoms with Crippen molar-refractivity contribution in [1.82, 2.24) is 10.3 Å². The van der Waals surface area contributed by atoms with E-state index >= 15 is 0 Å². The summed E-state index contributed by atoms with van der Waals surface area (Å²) in [6, 6.07) is 28.7. The molecule has 0 saturated heterocycles. The fourth-order valence-electron chi connectivity index (χ4n) is 4.50. The third-order valence-corrected chi connectivity index (χ3v) is 8.60. The number of carbonyl (C=O) groups is 3. The number of carbonyl (C=O) groups excluding carboxylic acids is 3. The van der Waals surface area contributed by atoms with Crippen molar-refractivity contribution < 1.29 is 28.6 Å². The minimum Gasteiger partial charge on any atom is -0.496 e. The summed E-state index contributed by atoms with van der Waals surface area (Å²) >= 11 is 2.67. The Bertz CT molecular complexity index is 1930. The summed E-state index contributed by atoms with van der Waals surface area (Å²) in [5, 5.41) is 10.8. The second kappa shape index (κ2) is 16.3. The van der Waals surface area contributed by atoms with Gasteiger partial charge in [-0.1, -0.05) is 54.6 Å². The van der Waals surface area contributed by atoms with Gasteiger partial charge in [0, 0.05) is 38.7 Å². The number of thioether (sulfide) groups is 1. The molecule has 48 heavy (non-hydrogen) atoms. The van der Waals surface area contributed by atoms with Crippen LogP contribution in [0.25, 0.3) is 17.3 Å². The van der Waals surface area contributed by atoms with Crippen LogP contribution in [0.2, 0.25) is 0 Å². The Morgan fingerprint density at radius 1 is 0.792 bits per heavy atom. The zero-order valence-corrected chi connectivity index (χ0v) is 27.9. The van der Waals surface area contributed by atoms with Crippen LogP contribution in [0.3, 0.4) is 0 Å². The lowest BCUT2D eigenvalue weighted by atomic mass is 10.1. The molecule has 0 saturated carbocycles. The minimum absolute atomic E-state index is 0.0369. The highest BCUT2D eigenvalue weighted by Gasteiger charge is 2.18. The number of anilines is 2. The smallest absolute Gasteiger partial charge is 0.272 e. The summed E-state index contributed by atoms with van der Waals surface area (Å²) in [5.74, 6) is 0.140. The van der Waals surface area contributed by atoms with Crippen LogP contribution in [0, 0.1) is 0 Å². The molecule has 3 amide bonds. The predicted octanol–water partition coefficient (Wildman–Crippen LogP) is 6.98. The van der Waals surface area contributed by atoms with Crippen molar-refractivity contribution in [1.29, 1.82) is 0 Å². The van der Waals surface area contributed by atoms with Crippen LogP contribution >= 0.6 is 23.1 Å². The van der Waals surface area contributed by atoms with E-state index in [0.717, 1.165) is 16.2 Å². The van der Waals surface area contributed by atoms with Gasteiger partial charge in [-0.2, -0.15) is 0 Å². The molecule has 244 valence electrons. The molecule has 4 aromatic carbocycles. The van der Waals surface area contributed by atoms with E-state index in [1.807, 2.05) is 41.8 Å². The van der Waals surface area contributed by atoms with Crippen molar-refractivity contribution >= 4 is 57.7 Å². The predicted molar refractivity (Wildman–Crippen MR) is 190 cm³/mol. The lowest BCUT2D eigenvalue weighted by molar-refractivity contribution is -0.114. The fourth-order valence-corrected chi connectivity index (χ4v) is 5.99. The van der Waals surface area contributed by atoms with E-state index in [2.05, 4.69) is 20.9 Å². The SMILES string of the molecule is COc1cc(OC)c(OC)cc1/C=C(/NC(=O)c1ccccc1)C(=O)Nc1cccc(SCC(=O)Nc2nc(-c3ccccc3)cs2)c1. The summed E-state index contributed by atoms with van der Waals surface area (Å²) in [7, 11) is 4.49. The van der Waals surface area contributed by atoms with Gasteiger partial charge < -0.3 is 30.2 Å². The third kappa shape index (κ3) is 8.81. The van der Waals surface area contributed by atoms with Crippen molar-refractivity contribution in [2.24, 2.45) is 0 Å². The van der Waals surface area contributed by atoms with Crippen molar-refractivity contribution in [3.05, 3.63) is 119 Å². The normalized spacial score (nSPS) is 10.9. The fraction of sp³-hybridized carbons (Fsp3) is 0.111. The Balaban J connectivity index is 1.30. The minimum atomic E-state index is -0.575. The van der Waals surface area contributed by atoms with Gasteiger partial charge in [0.15, 0.2) is 16.6 Å². The molecule has 5 rings (SSSR count). The molecular formula is C36H32N4O6S2. The number of benzene rings is 4. The molecule has 10 nitrogen and oxygen atoms in total. The largest absolute Gasteiger partial charge is 0.496 e. The van der Waals surface area contributed by atoms with Crippen LogP contribution in [-0.4, -0.2) is 49.8 Å². The van der Waals surface area contributed by atoms with Crippen molar-refractivity contribution in [2.75, 3.05) is 37.7 Å². The first-order valence-electron chi connectivity index (χ1n) is 14.6. The summed E-state index contributed by atoms with van der Waals surface area (Å²) in [4.78, 5) is 44.8. The number of nitrogens with zero attached hydrogens (tertiary/aromatic N) is 1. The van der Waals surface area contributed by atoms with Crippen LogP contribution in [0.4, 0.5) is 10.8 Å². The molecule has 0 radical (unpaired) electrons. The molecule has 0 aliphatic carbocycles. The quantitative estimate of drug-likeness (QED) is 0.0899. The molecule has 1 heterocycles. The number of ether oxygens (including phenoxy) is 3. The summed E-state index contributed by atoms with van der Waals surface area (Å²) < 4.78 is 16.3. The first kappa shape index (κ1) is 33.8. The van der Waals surface area contributed by atoms with Gasteiger partial charge in [0.2, 0.25) is 5.91 Å². The van der Waals surface area contributed by atoms with Gasteiger partial charge in [-0.05, 0) is 42.5 Å². The average molecular weight is 681 g/mol. The molecule has 0 aliphatic rings. The van der Waals surface area contributed by atoms with Crippen molar-refractivity contribution in [2.45, 2.75) is 4.90 Å². The number of aromatic nitrogens is 1. The maximum Gasteiger partial charge on any atom is 0.272 e. The Morgan fingerprint density at radius 3 is 2.19 bits per heavy atom. The Morgan fingerprint density at radius 2 is 1.48 bits per heavy atom. The van der Waals surface area contributed by atoms with Gasteiger partial charge in [0.1, 0.15) is 11.4 Å². The molecule has 12 heteroatoms. The second-order valence-electron chi connectivity index (χ2n) is 10.1. The molecule has 0 bridgehead atoms. The zero-order valence-electron chi connectivity index (χ0n) is 26.3. The number of hydrogen-bond donors (Lipinski definition) is 3. The second-order valence-corrected chi connectivity index (χ2v) is 12.0. The van der Waals surface area contributed by atoms with Gasteiger partial charge in [-0.25, -0.2) is 4.98 Å². The van der Waals surface area contributed by atoms with Crippen molar-refractivity contribution in [3.8, 4) is 28.5 Å². The summed E-state index contributed by atoms with van der Waals surface area (Å²) in [6.07, 6.45) is 1.50. The maximum atomic E-state index is 13.7. The topological polar surface area (TPSA) is 128 Å². The summed E-state index contributed by atoms with van der Waals surface area (Å²) in [5.41, 5.74) is 3.05. The standard InChI is InChI=1S/C36H32N4O6S2/c1-44-30-20-32(46-3)31(45-2)18-25(30)17-28(38-34(42)24-13-8-5-9-14-24)35(43)37-26-15-10-16-27(19-26)47-22-33(41)40-36-39-29(21-48-36)23-11-6-4-7-12-23/h4-21H,22H2,1-3H3,(H,37,43)(H,38,42)(H,39,40,41)/b28-17+. The van der Waals surface area contributed by atoms with Gasteiger partial charge in [-0.3, -0.25) is 14.4 Å². The average Bonchev–Trinajstić information content (AvgIpc) is 3.59. The monoisotopic (exact) mass is 680 g/mol. The van der Waals surface area contributed by atoms with Gasteiger partial charge in [0.05, 0.1) is 32.8 Å². The zero-order chi connectivity index (χ0) is 33.9. The molecule has 0 aliphatic heterocycles. The molecule has 0 unspecified atom stereocenters. The number of amides is 3. The number of hydrogen-bond acceptors (Lipinski definition) is 9. The third-order valence-electron chi connectivity index (χ3n) is 6.85. The van der Waals surface area contributed by atoms with E-state index in [1.54, 1.807) is 60.7 Å². The lowest BCUT2D eigenvalue weighted by Gasteiger charge is -2.15. The Labute approximate surface area is 286 Å². The van der Waals surface area contributed by atoms with E-state index in [4.69, 9.17) is 14.2 Å². The molecule has 1 aromatic heterocycles. The van der Waals surface area contributed by atoms with E-state index < -0.39 is 11.8 Å². The van der Waals surface area contributed by atoms with Gasteiger partial charge in [-0.15, -0.1) is 23.1 Å².